The Labute approximate surface area is 177 Å². The fraction of sp³-hybridized carbons (Fsp3) is 0.333. The quantitative estimate of drug-likeness (QED) is 0.720. The van der Waals surface area contributed by atoms with E-state index in [0.29, 0.717) is 18.1 Å². The van der Waals surface area contributed by atoms with Crippen molar-refractivity contribution in [3.05, 3.63) is 76.5 Å². The predicted octanol–water partition coefficient (Wildman–Crippen LogP) is 4.83. The highest BCUT2D eigenvalue weighted by molar-refractivity contribution is 7.80. The molecule has 29 heavy (non-hydrogen) atoms. The van der Waals surface area contributed by atoms with E-state index in [9.17, 15) is 4.79 Å². The average Bonchev–Trinajstić information content (AvgIpc) is 2.73. The van der Waals surface area contributed by atoms with Gasteiger partial charge in [0.1, 0.15) is 12.4 Å². The van der Waals surface area contributed by atoms with Crippen LogP contribution in [0.25, 0.3) is 0 Å². The summed E-state index contributed by atoms with van der Waals surface area (Å²) in [5.74, 6) is 0.990. The Hall–Kier alpha value is -2.66. The molecule has 2 aliphatic rings. The van der Waals surface area contributed by atoms with Crippen molar-refractivity contribution in [1.29, 1.82) is 0 Å². The van der Waals surface area contributed by atoms with Crippen LogP contribution in [0.5, 0.6) is 5.75 Å². The van der Waals surface area contributed by atoms with E-state index in [4.69, 9.17) is 17.0 Å². The highest BCUT2D eigenvalue weighted by Gasteiger charge is 2.37. The number of hydrogen-bond acceptors (Lipinski definition) is 3. The lowest BCUT2D eigenvalue weighted by Crippen LogP contribution is -2.49. The van der Waals surface area contributed by atoms with Crippen LogP contribution in [0.15, 0.2) is 59.8 Å². The smallest absolute Gasteiger partial charge is 0.173 e. The monoisotopic (exact) mass is 406 g/mol. The number of carbonyl (C=O) groups is 1. The Balaban J connectivity index is 1.70. The third-order valence-corrected chi connectivity index (χ3v) is 6.09. The summed E-state index contributed by atoms with van der Waals surface area (Å²) in [6, 6.07) is 15.9. The minimum atomic E-state index is -0.263. The van der Waals surface area contributed by atoms with Crippen LogP contribution in [0.1, 0.15) is 48.9 Å². The van der Waals surface area contributed by atoms with Gasteiger partial charge in [-0.05, 0) is 56.1 Å². The molecule has 1 N–H and O–H groups in total. The maximum Gasteiger partial charge on any atom is 0.173 e. The van der Waals surface area contributed by atoms with E-state index in [1.54, 1.807) is 0 Å². The first kappa shape index (κ1) is 19.6. The SMILES string of the molecule is CCN1C(=S)NC(c2ccccc2OCc2ccccc2C)C2=C1CCCC2=O. The molecule has 1 atom stereocenters. The van der Waals surface area contributed by atoms with E-state index in [1.165, 1.54) is 5.56 Å². The van der Waals surface area contributed by atoms with Crippen molar-refractivity contribution in [1.82, 2.24) is 10.2 Å². The largest absolute Gasteiger partial charge is 0.489 e. The normalized spacial score (nSPS) is 19.1. The third kappa shape index (κ3) is 3.79. The zero-order valence-electron chi connectivity index (χ0n) is 16.9. The average molecular weight is 407 g/mol. The zero-order valence-corrected chi connectivity index (χ0v) is 17.7. The van der Waals surface area contributed by atoms with Crippen molar-refractivity contribution in [3.63, 3.8) is 0 Å². The van der Waals surface area contributed by atoms with Crippen LogP contribution in [-0.4, -0.2) is 22.3 Å². The molecule has 1 heterocycles. The third-order valence-electron chi connectivity index (χ3n) is 5.75. The summed E-state index contributed by atoms with van der Waals surface area (Å²) in [5, 5.41) is 4.09. The van der Waals surface area contributed by atoms with E-state index in [1.807, 2.05) is 36.4 Å². The summed E-state index contributed by atoms with van der Waals surface area (Å²) >= 11 is 5.64. The molecule has 0 fully saturated rings. The number of nitrogens with zero attached hydrogens (tertiary/aromatic N) is 1. The summed E-state index contributed by atoms with van der Waals surface area (Å²) in [6.45, 7) is 5.40. The molecule has 0 amide bonds. The molecule has 1 unspecified atom stereocenters. The van der Waals surface area contributed by atoms with Gasteiger partial charge in [-0.3, -0.25) is 4.79 Å². The second-order valence-electron chi connectivity index (χ2n) is 7.52. The maximum atomic E-state index is 12.9. The second-order valence-corrected chi connectivity index (χ2v) is 7.90. The number of carbonyl (C=O) groups excluding carboxylic acids is 1. The Bertz CT molecular complexity index is 982. The first-order chi connectivity index (χ1) is 14.1. The van der Waals surface area contributed by atoms with Crippen molar-refractivity contribution in [2.75, 3.05) is 6.54 Å². The standard InChI is InChI=1S/C24H26N2O2S/c1-3-26-19-12-8-13-20(27)22(19)23(25-24(26)29)18-11-6-7-14-21(18)28-15-17-10-5-4-9-16(17)2/h4-7,9-11,14,23H,3,8,12-13,15H2,1-2H3,(H,25,29). The van der Waals surface area contributed by atoms with Crippen molar-refractivity contribution in [2.45, 2.75) is 45.8 Å². The highest BCUT2D eigenvalue weighted by Crippen LogP contribution is 2.40. The Kier molecular flexibility index (Phi) is 5.67. The van der Waals surface area contributed by atoms with Crippen molar-refractivity contribution >= 4 is 23.1 Å². The van der Waals surface area contributed by atoms with Crippen LogP contribution < -0.4 is 10.1 Å². The lowest BCUT2D eigenvalue weighted by molar-refractivity contribution is -0.116. The molecule has 0 saturated heterocycles. The number of hydrogen-bond donors (Lipinski definition) is 1. The number of para-hydroxylation sites is 1. The molecule has 4 nitrogen and oxygen atoms in total. The number of benzene rings is 2. The van der Waals surface area contributed by atoms with Gasteiger partial charge in [0.25, 0.3) is 0 Å². The van der Waals surface area contributed by atoms with Gasteiger partial charge in [-0.1, -0.05) is 42.5 Å². The molecule has 4 rings (SSSR count). The van der Waals surface area contributed by atoms with Gasteiger partial charge in [-0.2, -0.15) is 0 Å². The summed E-state index contributed by atoms with van der Waals surface area (Å²) in [6.07, 6.45) is 2.36. The van der Waals surface area contributed by atoms with Gasteiger partial charge in [0.05, 0.1) is 6.04 Å². The number of rotatable bonds is 5. The van der Waals surface area contributed by atoms with Crippen LogP contribution in [0.2, 0.25) is 0 Å². The van der Waals surface area contributed by atoms with Crippen LogP contribution in [0.4, 0.5) is 0 Å². The van der Waals surface area contributed by atoms with E-state index < -0.39 is 0 Å². The fourth-order valence-corrected chi connectivity index (χ4v) is 4.55. The van der Waals surface area contributed by atoms with Crippen LogP contribution in [-0.2, 0) is 11.4 Å². The zero-order chi connectivity index (χ0) is 20.4. The molecule has 0 aromatic heterocycles. The molecule has 5 heteroatoms. The summed E-state index contributed by atoms with van der Waals surface area (Å²) in [7, 11) is 0. The van der Waals surface area contributed by atoms with E-state index in [2.05, 4.69) is 36.2 Å². The molecule has 0 bridgehead atoms. The van der Waals surface area contributed by atoms with E-state index in [-0.39, 0.29) is 11.8 Å². The van der Waals surface area contributed by atoms with Gasteiger partial charge in [0.15, 0.2) is 10.9 Å². The lowest BCUT2D eigenvalue weighted by atomic mass is 9.84. The van der Waals surface area contributed by atoms with Gasteiger partial charge < -0.3 is 15.0 Å². The first-order valence-electron chi connectivity index (χ1n) is 10.2. The number of thiocarbonyl (C=S) groups is 1. The molecule has 1 aliphatic heterocycles. The summed E-state index contributed by atoms with van der Waals surface area (Å²) in [4.78, 5) is 15.0. The Morgan fingerprint density at radius 1 is 1.14 bits per heavy atom. The van der Waals surface area contributed by atoms with Crippen LogP contribution >= 0.6 is 12.2 Å². The number of ether oxygens (including phenoxy) is 1. The summed E-state index contributed by atoms with van der Waals surface area (Å²) < 4.78 is 6.23. The first-order valence-corrected chi connectivity index (χ1v) is 10.6. The minimum absolute atomic E-state index is 0.207. The van der Waals surface area contributed by atoms with Gasteiger partial charge in [-0.15, -0.1) is 0 Å². The highest BCUT2D eigenvalue weighted by atomic mass is 32.1. The maximum absolute atomic E-state index is 12.9. The Morgan fingerprint density at radius 2 is 1.90 bits per heavy atom. The molecule has 150 valence electrons. The molecular formula is C24H26N2O2S. The summed E-state index contributed by atoms with van der Waals surface area (Å²) in [5.41, 5.74) is 5.24. The van der Waals surface area contributed by atoms with Crippen molar-refractivity contribution in [3.8, 4) is 5.75 Å². The fourth-order valence-electron chi connectivity index (χ4n) is 4.20. The Morgan fingerprint density at radius 3 is 2.69 bits per heavy atom. The number of aryl methyl sites for hydroxylation is 1. The number of allylic oxidation sites excluding steroid dienone is 1. The van der Waals surface area contributed by atoms with Gasteiger partial charge in [0, 0.05) is 29.8 Å². The second kappa shape index (κ2) is 8.37. The molecular weight excluding hydrogens is 380 g/mol. The molecule has 0 saturated carbocycles. The molecule has 1 aliphatic carbocycles. The minimum Gasteiger partial charge on any atom is -0.489 e. The number of nitrogens with one attached hydrogen (secondary N) is 1. The molecule has 2 aromatic carbocycles. The molecule has 2 aromatic rings. The number of ketones is 1. The predicted molar refractivity (Wildman–Crippen MR) is 119 cm³/mol. The van der Waals surface area contributed by atoms with Gasteiger partial charge in [-0.25, -0.2) is 0 Å². The van der Waals surface area contributed by atoms with E-state index in [0.717, 1.165) is 47.5 Å². The lowest BCUT2D eigenvalue weighted by Gasteiger charge is -2.40. The van der Waals surface area contributed by atoms with Crippen LogP contribution in [0, 0.1) is 6.92 Å². The van der Waals surface area contributed by atoms with Crippen molar-refractivity contribution < 1.29 is 9.53 Å². The molecule has 0 spiro atoms. The molecule has 0 radical (unpaired) electrons. The topological polar surface area (TPSA) is 41.6 Å². The van der Waals surface area contributed by atoms with Crippen LogP contribution in [0.3, 0.4) is 0 Å². The van der Waals surface area contributed by atoms with Crippen molar-refractivity contribution in [2.24, 2.45) is 0 Å². The van der Waals surface area contributed by atoms with E-state index >= 15 is 0 Å². The number of Topliss-reactive ketones (excluding diaryl/α,β-unsaturated/α-hetero) is 1. The van der Waals surface area contributed by atoms with Gasteiger partial charge >= 0.3 is 0 Å². The van der Waals surface area contributed by atoms with Gasteiger partial charge in [0.2, 0.25) is 0 Å².